The average Bonchev–Trinajstić information content (AvgIpc) is 3.55. The minimum atomic E-state index is -4.64. The molecule has 0 saturated heterocycles. The number of carbonyl (C=O) groups excluding carboxylic acids is 1. The highest BCUT2D eigenvalue weighted by atomic mass is 32.1. The molecule has 0 bridgehead atoms. The molecular weight excluding hydrogens is 527 g/mol. The molecule has 0 spiro atoms. The van der Waals surface area contributed by atoms with Gasteiger partial charge in [-0.3, -0.25) is 4.79 Å². The smallest absolute Gasteiger partial charge is 0.416 e. The molecule has 2 aromatic heterocycles. The highest BCUT2D eigenvalue weighted by Gasteiger charge is 2.45. The van der Waals surface area contributed by atoms with E-state index >= 15 is 0 Å². The largest absolute Gasteiger partial charge is 0.478 e. The summed E-state index contributed by atoms with van der Waals surface area (Å²) in [5.41, 5.74) is 1.08. The van der Waals surface area contributed by atoms with Crippen LogP contribution in [0.25, 0.3) is 5.69 Å². The van der Waals surface area contributed by atoms with Gasteiger partial charge in [0, 0.05) is 40.0 Å². The maximum atomic E-state index is 14.3. The zero-order valence-electron chi connectivity index (χ0n) is 20.6. The molecule has 2 N–H and O–H groups in total. The number of aromatic carboxylic acids is 1. The summed E-state index contributed by atoms with van der Waals surface area (Å²) in [7, 11) is 0. The van der Waals surface area contributed by atoms with Gasteiger partial charge in [-0.1, -0.05) is 36.4 Å². The summed E-state index contributed by atoms with van der Waals surface area (Å²) in [6.45, 7) is 1.66. The molecule has 10 heteroatoms. The monoisotopic (exact) mass is 549 g/mol. The predicted molar refractivity (Wildman–Crippen MR) is 140 cm³/mol. The molecule has 3 heterocycles. The normalized spacial score (nSPS) is 18.9. The Morgan fingerprint density at radius 3 is 2.54 bits per heavy atom. The third kappa shape index (κ3) is 4.15. The summed E-state index contributed by atoms with van der Waals surface area (Å²) in [5, 5.41) is 19.7. The molecule has 2 aliphatic rings. The van der Waals surface area contributed by atoms with Crippen LogP contribution in [-0.2, 0) is 11.0 Å². The fourth-order valence-electron chi connectivity index (χ4n) is 5.73. The molecule has 1 aliphatic heterocycles. The maximum Gasteiger partial charge on any atom is 0.416 e. The van der Waals surface area contributed by atoms with Crippen LogP contribution in [0.15, 0.2) is 77.3 Å². The van der Waals surface area contributed by atoms with Crippen molar-refractivity contribution >= 4 is 28.9 Å². The number of carboxylic acid groups (broad SMARTS) is 1. The van der Waals surface area contributed by atoms with E-state index in [0.717, 1.165) is 10.9 Å². The number of alkyl halides is 3. The number of Topliss-reactive ketones (excluding diaryl/α,β-unsaturated/α-hetero) is 1. The van der Waals surface area contributed by atoms with E-state index in [0.29, 0.717) is 34.8 Å². The Labute approximate surface area is 225 Å². The van der Waals surface area contributed by atoms with Crippen LogP contribution in [0.3, 0.4) is 0 Å². The number of carboxylic acids is 1. The van der Waals surface area contributed by atoms with E-state index in [1.54, 1.807) is 25.1 Å². The first kappa shape index (κ1) is 25.1. The zero-order valence-corrected chi connectivity index (χ0v) is 21.4. The summed E-state index contributed by atoms with van der Waals surface area (Å²) in [4.78, 5) is 26.8. The van der Waals surface area contributed by atoms with Gasteiger partial charge in [0.15, 0.2) is 5.78 Å². The number of halogens is 3. The van der Waals surface area contributed by atoms with Gasteiger partial charge in [-0.25, -0.2) is 9.48 Å². The van der Waals surface area contributed by atoms with Gasteiger partial charge < -0.3 is 10.4 Å². The SMILES string of the molecule is Cc1nn(-c2ccccc2C(=O)O)c2c1[C@H](c1ccccc1C(F)(F)F)C1=C(C[C@@H](c3cccs3)CC1=O)N2. The Morgan fingerprint density at radius 1 is 1.08 bits per heavy atom. The number of thiophene rings is 1. The molecule has 0 fully saturated rings. The van der Waals surface area contributed by atoms with Gasteiger partial charge in [0.2, 0.25) is 0 Å². The molecule has 0 amide bonds. The van der Waals surface area contributed by atoms with Crippen molar-refractivity contribution in [3.8, 4) is 5.69 Å². The maximum absolute atomic E-state index is 14.3. The Bertz CT molecular complexity index is 1650. The number of aromatic nitrogens is 2. The van der Waals surface area contributed by atoms with Crippen LogP contribution in [0.5, 0.6) is 0 Å². The number of hydrogen-bond acceptors (Lipinski definition) is 5. The number of nitrogens with zero attached hydrogens (tertiary/aromatic N) is 2. The quantitative estimate of drug-likeness (QED) is 0.289. The van der Waals surface area contributed by atoms with Crippen molar-refractivity contribution in [2.24, 2.45) is 0 Å². The third-order valence-corrected chi connectivity index (χ3v) is 8.38. The Morgan fingerprint density at radius 2 is 1.82 bits per heavy atom. The van der Waals surface area contributed by atoms with Crippen molar-refractivity contribution in [2.45, 2.75) is 37.8 Å². The van der Waals surface area contributed by atoms with Gasteiger partial charge in [-0.05, 0) is 48.6 Å². The summed E-state index contributed by atoms with van der Waals surface area (Å²) >= 11 is 1.53. The van der Waals surface area contributed by atoms with Crippen LogP contribution in [0.1, 0.15) is 62.3 Å². The Kier molecular flexibility index (Phi) is 5.95. The number of allylic oxidation sites excluding steroid dienone is 2. The highest BCUT2D eigenvalue weighted by molar-refractivity contribution is 7.10. The number of carbonyl (C=O) groups is 2. The molecule has 6 nitrogen and oxygen atoms in total. The lowest BCUT2D eigenvalue weighted by molar-refractivity contribution is -0.138. The number of aryl methyl sites for hydroxylation is 1. The number of anilines is 1. The van der Waals surface area contributed by atoms with E-state index in [2.05, 4.69) is 10.4 Å². The molecule has 198 valence electrons. The van der Waals surface area contributed by atoms with Crippen LogP contribution >= 0.6 is 11.3 Å². The van der Waals surface area contributed by atoms with E-state index in [1.807, 2.05) is 17.5 Å². The van der Waals surface area contributed by atoms with Gasteiger partial charge >= 0.3 is 12.1 Å². The number of fused-ring (bicyclic) bond motifs is 1. The minimum absolute atomic E-state index is 0.00667. The van der Waals surface area contributed by atoms with E-state index in [4.69, 9.17) is 0 Å². The number of ketones is 1. The molecule has 39 heavy (non-hydrogen) atoms. The first-order valence-electron chi connectivity index (χ1n) is 12.3. The van der Waals surface area contributed by atoms with Crippen molar-refractivity contribution in [3.63, 3.8) is 0 Å². The van der Waals surface area contributed by atoms with Crippen molar-refractivity contribution in [3.05, 3.63) is 110 Å². The summed E-state index contributed by atoms with van der Waals surface area (Å²) < 4.78 is 44.2. The molecule has 6 rings (SSSR count). The molecule has 0 unspecified atom stereocenters. The molecule has 4 aromatic rings. The first-order chi connectivity index (χ1) is 18.6. The fourth-order valence-corrected chi connectivity index (χ4v) is 6.56. The molecule has 0 radical (unpaired) electrons. The Hall–Kier alpha value is -4.18. The fraction of sp³-hybridized carbons (Fsp3) is 0.207. The number of hydrogen-bond donors (Lipinski definition) is 2. The zero-order chi connectivity index (χ0) is 27.5. The van der Waals surface area contributed by atoms with Crippen LogP contribution in [0.2, 0.25) is 0 Å². The standard InChI is InChI=1S/C29H22F3N3O3S/c1-15-24-25(17-7-2-4-9-19(17)29(30,31)32)26-20(13-16(14-22(26)36)23-11-6-12-39-23)33-27(24)35(34-15)21-10-5-3-8-18(21)28(37)38/h2-12,16,25,33H,13-14H2,1H3,(H,37,38)/t16-,25+/m1/s1. The average molecular weight is 550 g/mol. The van der Waals surface area contributed by atoms with E-state index < -0.39 is 23.6 Å². The topological polar surface area (TPSA) is 84.2 Å². The van der Waals surface area contributed by atoms with Crippen LogP contribution in [-0.4, -0.2) is 26.6 Å². The van der Waals surface area contributed by atoms with Crippen LogP contribution < -0.4 is 5.32 Å². The molecular formula is C29H22F3N3O3S. The van der Waals surface area contributed by atoms with Gasteiger partial charge in [-0.15, -0.1) is 11.3 Å². The van der Waals surface area contributed by atoms with Gasteiger partial charge in [0.1, 0.15) is 5.82 Å². The Balaban J connectivity index is 1.61. The lowest BCUT2D eigenvalue weighted by Gasteiger charge is -2.36. The van der Waals surface area contributed by atoms with Gasteiger partial charge in [-0.2, -0.15) is 18.3 Å². The summed E-state index contributed by atoms with van der Waals surface area (Å²) in [6, 6.07) is 15.5. The highest BCUT2D eigenvalue weighted by Crippen LogP contribution is 2.52. The molecule has 1 aliphatic carbocycles. The third-order valence-electron chi connectivity index (χ3n) is 7.35. The van der Waals surface area contributed by atoms with Crippen molar-refractivity contribution < 1.29 is 27.9 Å². The van der Waals surface area contributed by atoms with E-state index in [9.17, 15) is 27.9 Å². The number of nitrogens with one attached hydrogen (secondary N) is 1. The van der Waals surface area contributed by atoms with E-state index in [-0.39, 0.29) is 34.9 Å². The lowest BCUT2D eigenvalue weighted by atomic mass is 9.72. The summed E-state index contributed by atoms with van der Waals surface area (Å²) in [5.74, 6) is -2.15. The van der Waals surface area contributed by atoms with Crippen LogP contribution in [0, 0.1) is 6.92 Å². The van der Waals surface area contributed by atoms with Gasteiger partial charge in [0.25, 0.3) is 0 Å². The second-order valence-electron chi connectivity index (χ2n) is 9.66. The lowest BCUT2D eigenvalue weighted by Crippen LogP contribution is -2.31. The van der Waals surface area contributed by atoms with Crippen molar-refractivity contribution in [1.82, 2.24) is 9.78 Å². The minimum Gasteiger partial charge on any atom is -0.478 e. The molecule has 0 saturated carbocycles. The number of benzene rings is 2. The van der Waals surface area contributed by atoms with Crippen molar-refractivity contribution in [1.29, 1.82) is 0 Å². The molecule has 2 atom stereocenters. The summed E-state index contributed by atoms with van der Waals surface area (Å²) in [6.07, 6.45) is -4.02. The van der Waals surface area contributed by atoms with E-state index in [1.165, 1.54) is 40.3 Å². The molecule has 2 aromatic carbocycles. The first-order valence-corrected chi connectivity index (χ1v) is 13.2. The van der Waals surface area contributed by atoms with Crippen LogP contribution in [0.4, 0.5) is 19.0 Å². The number of rotatable bonds is 4. The second kappa shape index (κ2) is 9.23. The predicted octanol–water partition coefficient (Wildman–Crippen LogP) is 6.92. The van der Waals surface area contributed by atoms with Crippen molar-refractivity contribution in [2.75, 3.05) is 5.32 Å². The number of para-hydroxylation sites is 1. The van der Waals surface area contributed by atoms with Gasteiger partial charge in [0.05, 0.1) is 22.5 Å². The second-order valence-corrected chi connectivity index (χ2v) is 10.6.